The molecule has 0 saturated carbocycles. The standard InChI is InChI=1S/C15H16N2O8S3/c18-26(19,8-9-27(20,21)22)13-6-7-15(28(23,24)25)14(10-13)17-16-11-12-4-2-1-3-5-12/h1-7,10-11,17H,8-9H2,(H,20,21,22)(H,23,24,25)/b16-11+. The van der Waals surface area contributed by atoms with Crippen molar-refractivity contribution in [2.75, 3.05) is 16.9 Å². The molecule has 0 saturated heterocycles. The second-order valence-corrected chi connectivity index (χ2v) is 10.6. The van der Waals surface area contributed by atoms with Crippen LogP contribution in [0.5, 0.6) is 0 Å². The van der Waals surface area contributed by atoms with Crippen LogP contribution in [0.25, 0.3) is 0 Å². The van der Waals surface area contributed by atoms with Crippen LogP contribution in [0, 0.1) is 0 Å². The minimum atomic E-state index is -4.69. The Bertz CT molecular complexity index is 1190. The van der Waals surface area contributed by atoms with Gasteiger partial charge in [-0.3, -0.25) is 14.5 Å². The summed E-state index contributed by atoms with van der Waals surface area (Å²) >= 11 is 0. The maximum atomic E-state index is 12.2. The molecule has 2 aromatic carbocycles. The lowest BCUT2D eigenvalue weighted by atomic mass is 10.2. The van der Waals surface area contributed by atoms with Crippen molar-refractivity contribution in [3.05, 3.63) is 54.1 Å². The van der Waals surface area contributed by atoms with Crippen molar-refractivity contribution >= 4 is 42.0 Å². The Balaban J connectivity index is 2.38. The van der Waals surface area contributed by atoms with Crippen molar-refractivity contribution < 1.29 is 34.4 Å². The van der Waals surface area contributed by atoms with E-state index in [1.807, 2.05) is 0 Å². The molecule has 28 heavy (non-hydrogen) atoms. The predicted molar refractivity (Wildman–Crippen MR) is 102 cm³/mol. The third kappa shape index (κ3) is 6.38. The van der Waals surface area contributed by atoms with Gasteiger partial charge in [0.2, 0.25) is 0 Å². The lowest BCUT2D eigenvalue weighted by Crippen LogP contribution is -2.17. The smallest absolute Gasteiger partial charge is 0.286 e. The van der Waals surface area contributed by atoms with Gasteiger partial charge in [0.15, 0.2) is 9.84 Å². The summed E-state index contributed by atoms with van der Waals surface area (Å²) in [6.45, 7) is 0. The molecule has 2 rings (SSSR count). The topological polar surface area (TPSA) is 167 Å². The lowest BCUT2D eigenvalue weighted by Gasteiger charge is -2.10. The first-order valence-corrected chi connectivity index (χ1v) is 12.2. The molecule has 10 nitrogen and oxygen atoms in total. The second kappa shape index (κ2) is 8.36. The summed E-state index contributed by atoms with van der Waals surface area (Å²) in [5.74, 6) is -1.94. The van der Waals surface area contributed by atoms with Crippen molar-refractivity contribution in [3.63, 3.8) is 0 Å². The molecule has 152 valence electrons. The van der Waals surface area contributed by atoms with E-state index in [2.05, 4.69) is 10.5 Å². The van der Waals surface area contributed by atoms with Crippen LogP contribution in [0.1, 0.15) is 5.56 Å². The van der Waals surface area contributed by atoms with Gasteiger partial charge >= 0.3 is 0 Å². The highest BCUT2D eigenvalue weighted by Gasteiger charge is 2.22. The number of rotatable bonds is 8. The zero-order valence-corrected chi connectivity index (χ0v) is 16.6. The summed E-state index contributed by atoms with van der Waals surface area (Å²) in [6, 6.07) is 11.3. The molecule has 13 heteroatoms. The zero-order valence-electron chi connectivity index (χ0n) is 14.1. The Labute approximate surface area is 162 Å². The average Bonchev–Trinajstić information content (AvgIpc) is 2.59. The molecule has 0 aromatic heterocycles. The van der Waals surface area contributed by atoms with Crippen LogP contribution in [0.3, 0.4) is 0 Å². The maximum absolute atomic E-state index is 12.2. The summed E-state index contributed by atoms with van der Waals surface area (Å²) in [7, 11) is -13.4. The summed E-state index contributed by atoms with van der Waals surface area (Å²) < 4.78 is 87.1. The van der Waals surface area contributed by atoms with Gasteiger partial charge in [-0.05, 0) is 23.8 Å². The van der Waals surface area contributed by atoms with Gasteiger partial charge in [0, 0.05) is 0 Å². The van der Waals surface area contributed by atoms with Crippen molar-refractivity contribution in [2.24, 2.45) is 5.10 Å². The number of hydrogen-bond donors (Lipinski definition) is 3. The molecule has 0 amide bonds. The second-order valence-electron chi connectivity index (χ2n) is 5.52. The minimum Gasteiger partial charge on any atom is -0.286 e. The van der Waals surface area contributed by atoms with Crippen LogP contribution in [-0.4, -0.2) is 52.1 Å². The highest BCUT2D eigenvalue weighted by atomic mass is 32.2. The van der Waals surface area contributed by atoms with Gasteiger partial charge in [0.05, 0.1) is 28.3 Å². The van der Waals surface area contributed by atoms with Crippen molar-refractivity contribution in [3.8, 4) is 0 Å². The molecule has 0 heterocycles. The van der Waals surface area contributed by atoms with Gasteiger partial charge in [-0.15, -0.1) is 0 Å². The van der Waals surface area contributed by atoms with Crippen molar-refractivity contribution in [1.29, 1.82) is 0 Å². The van der Waals surface area contributed by atoms with E-state index in [9.17, 15) is 29.8 Å². The van der Waals surface area contributed by atoms with E-state index in [1.165, 1.54) is 6.21 Å². The van der Waals surface area contributed by atoms with E-state index in [0.29, 0.717) is 5.56 Å². The van der Waals surface area contributed by atoms with Gasteiger partial charge < -0.3 is 0 Å². The normalized spacial score (nSPS) is 12.9. The Morgan fingerprint density at radius 2 is 1.54 bits per heavy atom. The SMILES string of the molecule is O=S(=O)(O)CCS(=O)(=O)c1ccc(S(=O)(=O)O)c(N/N=C/c2ccccc2)c1. The maximum Gasteiger partial charge on any atom is 0.296 e. The molecule has 0 aliphatic carbocycles. The highest BCUT2D eigenvalue weighted by molar-refractivity contribution is 7.93. The summed E-state index contributed by atoms with van der Waals surface area (Å²) in [6.07, 6.45) is 1.34. The molecule has 2 aromatic rings. The van der Waals surface area contributed by atoms with Gasteiger partial charge in [-0.2, -0.15) is 21.9 Å². The predicted octanol–water partition coefficient (Wildman–Crippen LogP) is 1.04. The van der Waals surface area contributed by atoms with E-state index < -0.39 is 51.4 Å². The monoisotopic (exact) mass is 448 g/mol. The van der Waals surface area contributed by atoms with E-state index >= 15 is 0 Å². The molecule has 0 aliphatic heterocycles. The highest BCUT2D eigenvalue weighted by Crippen LogP contribution is 2.25. The molecular formula is C15H16N2O8S3. The molecule has 0 atom stereocenters. The quantitative estimate of drug-likeness (QED) is 0.303. The molecule has 0 bridgehead atoms. The molecule has 0 aliphatic rings. The van der Waals surface area contributed by atoms with Crippen LogP contribution in [-0.2, 0) is 30.1 Å². The van der Waals surface area contributed by atoms with Gasteiger partial charge in [0.1, 0.15) is 4.90 Å². The minimum absolute atomic E-state index is 0.331. The fourth-order valence-electron chi connectivity index (χ4n) is 2.06. The summed E-state index contributed by atoms with van der Waals surface area (Å²) in [5.41, 5.74) is 2.69. The molecule has 0 spiro atoms. The molecule has 0 unspecified atom stereocenters. The number of anilines is 1. The number of nitrogens with one attached hydrogen (secondary N) is 1. The number of hydrazone groups is 1. The van der Waals surface area contributed by atoms with E-state index in [1.54, 1.807) is 30.3 Å². The van der Waals surface area contributed by atoms with E-state index in [0.717, 1.165) is 18.2 Å². The third-order valence-corrected chi connectivity index (χ3v) is 7.00. The van der Waals surface area contributed by atoms with Crippen molar-refractivity contribution in [2.45, 2.75) is 9.79 Å². The number of sulfone groups is 1. The fraction of sp³-hybridized carbons (Fsp3) is 0.133. The number of benzene rings is 2. The van der Waals surface area contributed by atoms with Crippen LogP contribution in [0.4, 0.5) is 5.69 Å². The first-order chi connectivity index (χ1) is 12.9. The molecule has 0 fully saturated rings. The van der Waals surface area contributed by atoms with Gasteiger partial charge in [-0.1, -0.05) is 30.3 Å². The van der Waals surface area contributed by atoms with Crippen molar-refractivity contribution in [1.82, 2.24) is 0 Å². The number of hydrogen-bond acceptors (Lipinski definition) is 8. The summed E-state index contributed by atoms with van der Waals surface area (Å²) in [5, 5.41) is 3.81. The number of nitrogens with zero attached hydrogens (tertiary/aromatic N) is 1. The first kappa shape index (κ1) is 22.0. The van der Waals surface area contributed by atoms with E-state index in [-0.39, 0.29) is 5.69 Å². The van der Waals surface area contributed by atoms with E-state index in [4.69, 9.17) is 4.55 Å². The van der Waals surface area contributed by atoms with Crippen LogP contribution >= 0.6 is 0 Å². The average molecular weight is 449 g/mol. The fourth-order valence-corrected chi connectivity index (χ4v) is 5.21. The van der Waals surface area contributed by atoms with Gasteiger partial charge in [0.25, 0.3) is 20.2 Å². The largest absolute Gasteiger partial charge is 0.296 e. The lowest BCUT2D eigenvalue weighted by molar-refractivity contribution is 0.482. The molecule has 3 N–H and O–H groups in total. The van der Waals surface area contributed by atoms with Crippen LogP contribution < -0.4 is 5.43 Å². The first-order valence-electron chi connectivity index (χ1n) is 7.52. The Kier molecular flexibility index (Phi) is 6.56. The Hall–Kier alpha value is -2.32. The Morgan fingerprint density at radius 3 is 2.11 bits per heavy atom. The van der Waals surface area contributed by atoms with Gasteiger partial charge in [-0.25, -0.2) is 8.42 Å². The molecular weight excluding hydrogens is 432 g/mol. The Morgan fingerprint density at radius 1 is 0.893 bits per heavy atom. The van der Waals surface area contributed by atoms with Crippen LogP contribution in [0.2, 0.25) is 0 Å². The third-order valence-electron chi connectivity index (χ3n) is 3.40. The zero-order chi connectivity index (χ0) is 21.0. The van der Waals surface area contributed by atoms with Crippen LogP contribution in [0.15, 0.2) is 63.4 Å². The summed E-state index contributed by atoms with van der Waals surface area (Å²) in [4.78, 5) is -1.03. The molecule has 0 radical (unpaired) electrons.